The lowest BCUT2D eigenvalue weighted by molar-refractivity contribution is -0.139. The quantitative estimate of drug-likeness (QED) is 0.488. The number of carbonyl (C=O) groups excluding carboxylic acids is 1. The Balaban J connectivity index is 3.37. The van der Waals surface area contributed by atoms with Crippen LogP contribution in [0.1, 0.15) is 19.8 Å². The van der Waals surface area contributed by atoms with E-state index in [9.17, 15) is 4.79 Å². The highest BCUT2D eigenvalue weighted by molar-refractivity contribution is 5.70. The minimum atomic E-state index is -0.344. The van der Waals surface area contributed by atoms with Gasteiger partial charge in [-0.1, -0.05) is 12.2 Å². The van der Waals surface area contributed by atoms with Crippen molar-refractivity contribution in [1.82, 2.24) is 0 Å². The van der Waals surface area contributed by atoms with Crippen molar-refractivity contribution in [1.29, 1.82) is 0 Å². The number of rotatable bonds is 4. The van der Waals surface area contributed by atoms with Crippen molar-refractivity contribution in [3.63, 3.8) is 0 Å². The number of esters is 1. The fraction of sp³-hybridized carbons (Fsp3) is 0.625. The normalized spacial score (nSPS) is 13.4. The van der Waals surface area contributed by atoms with E-state index in [1.54, 1.807) is 19.1 Å². The number of hydrogen-bond acceptors (Lipinski definition) is 3. The molecule has 1 atom stereocenters. The van der Waals surface area contributed by atoms with Crippen molar-refractivity contribution in [3.8, 4) is 0 Å². The third-order valence-electron chi connectivity index (χ3n) is 1.16. The van der Waals surface area contributed by atoms with Gasteiger partial charge in [-0.25, -0.2) is 0 Å². The Morgan fingerprint density at radius 2 is 2.27 bits per heavy atom. The smallest absolute Gasteiger partial charge is 0.309 e. The van der Waals surface area contributed by atoms with E-state index in [1.165, 1.54) is 7.11 Å². The molecule has 0 aromatic rings. The minimum Gasteiger partial charge on any atom is -0.469 e. The molecule has 3 heteroatoms. The maximum atomic E-state index is 10.5. The van der Waals surface area contributed by atoms with Crippen LogP contribution < -0.4 is 0 Å². The summed E-state index contributed by atoms with van der Waals surface area (Å²) in [6, 6.07) is 0. The second-order valence-corrected chi connectivity index (χ2v) is 2.34. The maximum absolute atomic E-state index is 10.5. The van der Waals surface area contributed by atoms with Crippen LogP contribution >= 0.6 is 0 Å². The van der Waals surface area contributed by atoms with Gasteiger partial charge in [-0.2, -0.15) is 0 Å². The molecule has 0 bridgehead atoms. The maximum Gasteiger partial charge on any atom is 0.309 e. The van der Waals surface area contributed by atoms with Crippen LogP contribution in [-0.2, 0) is 9.53 Å². The number of hydrogen-bond donors (Lipinski definition) is 1. The molecule has 0 heterocycles. The molecule has 1 unspecified atom stereocenters. The van der Waals surface area contributed by atoms with E-state index in [4.69, 9.17) is 5.11 Å². The van der Waals surface area contributed by atoms with Gasteiger partial charge in [0.05, 0.1) is 19.6 Å². The predicted octanol–water partition coefficient (Wildman–Crippen LogP) is 0.877. The summed E-state index contributed by atoms with van der Waals surface area (Å²) in [5.74, 6) is -0.258. The molecule has 0 aliphatic carbocycles. The highest BCUT2D eigenvalue weighted by Crippen LogP contribution is 1.93. The van der Waals surface area contributed by atoms with E-state index in [0.717, 1.165) is 0 Å². The second kappa shape index (κ2) is 5.92. The van der Waals surface area contributed by atoms with Crippen LogP contribution in [0.25, 0.3) is 0 Å². The molecule has 1 N–H and O–H groups in total. The van der Waals surface area contributed by atoms with Gasteiger partial charge in [-0.05, 0) is 13.3 Å². The van der Waals surface area contributed by atoms with Crippen LogP contribution in [0.5, 0.6) is 0 Å². The van der Waals surface area contributed by atoms with Gasteiger partial charge in [-0.3, -0.25) is 4.79 Å². The first kappa shape index (κ1) is 10.2. The number of carbonyl (C=O) groups is 1. The van der Waals surface area contributed by atoms with E-state index in [2.05, 4.69) is 4.74 Å². The van der Waals surface area contributed by atoms with Gasteiger partial charge in [0.2, 0.25) is 0 Å². The molecule has 64 valence electrons. The number of aliphatic hydroxyl groups is 1. The van der Waals surface area contributed by atoms with Crippen LogP contribution in [-0.4, -0.2) is 24.3 Å². The Morgan fingerprint density at radius 3 is 2.73 bits per heavy atom. The van der Waals surface area contributed by atoms with E-state index >= 15 is 0 Å². The van der Waals surface area contributed by atoms with Gasteiger partial charge < -0.3 is 9.84 Å². The van der Waals surface area contributed by atoms with Gasteiger partial charge in [-0.15, -0.1) is 0 Å². The Bertz CT molecular complexity index is 138. The highest BCUT2D eigenvalue weighted by Gasteiger charge is 1.94. The molecular weight excluding hydrogens is 144 g/mol. The summed E-state index contributed by atoms with van der Waals surface area (Å²) >= 11 is 0. The van der Waals surface area contributed by atoms with Crippen LogP contribution in [0, 0.1) is 0 Å². The fourth-order valence-corrected chi connectivity index (χ4v) is 0.556. The largest absolute Gasteiger partial charge is 0.469 e. The van der Waals surface area contributed by atoms with Gasteiger partial charge >= 0.3 is 5.97 Å². The summed E-state index contributed by atoms with van der Waals surface area (Å²) in [5, 5.41) is 8.81. The zero-order valence-corrected chi connectivity index (χ0v) is 6.91. The topological polar surface area (TPSA) is 46.5 Å². The molecule has 0 rings (SSSR count). The van der Waals surface area contributed by atoms with Crippen LogP contribution in [0.15, 0.2) is 12.2 Å². The molecule has 3 nitrogen and oxygen atoms in total. The predicted molar refractivity (Wildman–Crippen MR) is 42.1 cm³/mol. The zero-order valence-electron chi connectivity index (χ0n) is 6.91. The lowest BCUT2D eigenvalue weighted by atomic mass is 10.2. The summed E-state index contributed by atoms with van der Waals surface area (Å²) < 4.78 is 4.40. The third-order valence-corrected chi connectivity index (χ3v) is 1.16. The van der Waals surface area contributed by atoms with Crippen molar-refractivity contribution < 1.29 is 14.6 Å². The fourth-order valence-electron chi connectivity index (χ4n) is 0.556. The van der Waals surface area contributed by atoms with Crippen LogP contribution in [0.4, 0.5) is 0 Å². The zero-order chi connectivity index (χ0) is 8.69. The first-order valence-electron chi connectivity index (χ1n) is 3.56. The summed E-state index contributed by atoms with van der Waals surface area (Å²) in [6.45, 7) is 1.70. The first-order chi connectivity index (χ1) is 5.16. The van der Waals surface area contributed by atoms with Crippen LogP contribution in [0.2, 0.25) is 0 Å². The average molecular weight is 158 g/mol. The summed E-state index contributed by atoms with van der Waals surface area (Å²) in [4.78, 5) is 10.5. The molecule has 0 radical (unpaired) electrons. The Labute approximate surface area is 66.7 Å². The lowest BCUT2D eigenvalue weighted by Crippen LogP contribution is -1.98. The second-order valence-electron chi connectivity index (χ2n) is 2.34. The van der Waals surface area contributed by atoms with Gasteiger partial charge in [0.1, 0.15) is 0 Å². The van der Waals surface area contributed by atoms with E-state index < -0.39 is 0 Å². The van der Waals surface area contributed by atoms with Crippen molar-refractivity contribution in [2.75, 3.05) is 7.11 Å². The molecule has 0 saturated carbocycles. The monoisotopic (exact) mass is 158 g/mol. The number of methoxy groups -OCH3 is 1. The van der Waals surface area contributed by atoms with E-state index in [0.29, 0.717) is 6.42 Å². The van der Waals surface area contributed by atoms with Crippen molar-refractivity contribution in [2.24, 2.45) is 0 Å². The third kappa shape index (κ3) is 7.06. The first-order valence-corrected chi connectivity index (χ1v) is 3.56. The lowest BCUT2D eigenvalue weighted by Gasteiger charge is -1.96. The molecule has 0 saturated heterocycles. The molecule has 0 aliphatic heterocycles. The summed E-state index contributed by atoms with van der Waals surface area (Å²) in [6.07, 6.45) is 3.98. The Morgan fingerprint density at radius 1 is 1.64 bits per heavy atom. The van der Waals surface area contributed by atoms with E-state index in [-0.39, 0.29) is 18.5 Å². The van der Waals surface area contributed by atoms with Crippen molar-refractivity contribution >= 4 is 5.97 Å². The molecular formula is C8H14O3. The Kier molecular flexibility index (Phi) is 5.47. The SMILES string of the molecule is COC(=O)C/C=C\CC(C)O. The molecule has 0 amide bonds. The van der Waals surface area contributed by atoms with Crippen molar-refractivity contribution in [3.05, 3.63) is 12.2 Å². The van der Waals surface area contributed by atoms with Gasteiger partial charge in [0.15, 0.2) is 0 Å². The highest BCUT2D eigenvalue weighted by atomic mass is 16.5. The number of ether oxygens (including phenoxy) is 1. The van der Waals surface area contributed by atoms with Crippen LogP contribution in [0.3, 0.4) is 0 Å². The molecule has 0 spiro atoms. The average Bonchev–Trinajstić information content (AvgIpc) is 1.97. The van der Waals surface area contributed by atoms with E-state index in [1.807, 2.05) is 0 Å². The molecule has 0 aliphatic rings. The van der Waals surface area contributed by atoms with Gasteiger partial charge in [0.25, 0.3) is 0 Å². The number of aliphatic hydroxyl groups excluding tert-OH is 1. The Hall–Kier alpha value is -0.830. The summed E-state index contributed by atoms with van der Waals surface area (Å²) in [5.41, 5.74) is 0. The minimum absolute atomic E-state index is 0.258. The molecule has 0 aromatic carbocycles. The van der Waals surface area contributed by atoms with Gasteiger partial charge in [0, 0.05) is 0 Å². The standard InChI is InChI=1S/C8H14O3/c1-7(9)5-3-4-6-8(10)11-2/h3-4,7,9H,5-6H2,1-2H3/b4-3-. The van der Waals surface area contributed by atoms with Crippen molar-refractivity contribution in [2.45, 2.75) is 25.9 Å². The molecule has 0 fully saturated rings. The molecule has 11 heavy (non-hydrogen) atoms. The summed E-state index contributed by atoms with van der Waals surface area (Å²) in [7, 11) is 1.35. The molecule has 0 aromatic heterocycles.